The highest BCUT2D eigenvalue weighted by molar-refractivity contribution is 5.97. The minimum atomic E-state index is -3.02. The maximum atomic E-state index is 12.2. The van der Waals surface area contributed by atoms with E-state index >= 15 is 0 Å². The van der Waals surface area contributed by atoms with E-state index in [0.717, 1.165) is 0 Å². The van der Waals surface area contributed by atoms with E-state index in [4.69, 9.17) is 0 Å². The summed E-state index contributed by atoms with van der Waals surface area (Å²) in [4.78, 5) is 23.0. The quantitative estimate of drug-likeness (QED) is 0.812. The van der Waals surface area contributed by atoms with Gasteiger partial charge in [-0.3, -0.25) is 9.59 Å². The molecule has 1 N–H and O–H groups in total. The van der Waals surface area contributed by atoms with Crippen molar-refractivity contribution in [2.75, 3.05) is 7.11 Å². The number of alkyl halides is 2. The standard InChI is InChI=1S/C13H15F2NO4/c1-8(7-11(17)19-2)16-12(18)9-5-3-4-6-10(9)20-13(14)15/h3-6,8,13H,7H2,1-2H3,(H,16,18). The highest BCUT2D eigenvalue weighted by atomic mass is 19.3. The van der Waals surface area contributed by atoms with Crippen molar-refractivity contribution < 1.29 is 27.8 Å². The number of hydrogen-bond acceptors (Lipinski definition) is 4. The third kappa shape index (κ3) is 4.83. The predicted molar refractivity (Wildman–Crippen MR) is 66.6 cm³/mol. The monoisotopic (exact) mass is 287 g/mol. The number of benzene rings is 1. The molecule has 1 rings (SSSR count). The van der Waals surface area contributed by atoms with Gasteiger partial charge in [0.2, 0.25) is 0 Å². The van der Waals surface area contributed by atoms with Crippen molar-refractivity contribution in [1.82, 2.24) is 5.32 Å². The maximum Gasteiger partial charge on any atom is 0.387 e. The molecule has 0 heterocycles. The molecule has 1 aromatic carbocycles. The van der Waals surface area contributed by atoms with Crippen LogP contribution in [0.3, 0.4) is 0 Å². The SMILES string of the molecule is COC(=O)CC(C)NC(=O)c1ccccc1OC(F)F. The van der Waals surface area contributed by atoms with Crippen LogP contribution in [0.25, 0.3) is 0 Å². The van der Waals surface area contributed by atoms with E-state index < -0.39 is 24.5 Å². The van der Waals surface area contributed by atoms with Gasteiger partial charge in [0.1, 0.15) is 5.75 Å². The lowest BCUT2D eigenvalue weighted by atomic mass is 10.1. The number of para-hydroxylation sites is 1. The Bertz CT molecular complexity index is 479. The van der Waals surface area contributed by atoms with Crippen molar-refractivity contribution in [3.8, 4) is 5.75 Å². The third-order valence-electron chi connectivity index (χ3n) is 2.43. The molecule has 0 saturated heterocycles. The zero-order chi connectivity index (χ0) is 15.1. The average Bonchev–Trinajstić information content (AvgIpc) is 2.38. The molecule has 110 valence electrons. The van der Waals surface area contributed by atoms with Gasteiger partial charge in [0, 0.05) is 6.04 Å². The minimum absolute atomic E-state index is 0.0138. The van der Waals surface area contributed by atoms with Crippen LogP contribution in [0.2, 0.25) is 0 Å². The lowest BCUT2D eigenvalue weighted by molar-refractivity contribution is -0.141. The predicted octanol–water partition coefficient (Wildman–Crippen LogP) is 1.97. The largest absolute Gasteiger partial charge is 0.469 e. The molecule has 20 heavy (non-hydrogen) atoms. The fourth-order valence-electron chi connectivity index (χ4n) is 1.54. The number of hydrogen-bond donors (Lipinski definition) is 1. The van der Waals surface area contributed by atoms with Gasteiger partial charge in [-0.2, -0.15) is 8.78 Å². The molecule has 0 fully saturated rings. The van der Waals surface area contributed by atoms with E-state index in [1.54, 1.807) is 6.92 Å². The van der Waals surface area contributed by atoms with Crippen LogP contribution in [0.5, 0.6) is 5.75 Å². The first kappa shape index (κ1) is 15.9. The molecule has 5 nitrogen and oxygen atoms in total. The van der Waals surface area contributed by atoms with Crippen LogP contribution in [-0.4, -0.2) is 31.6 Å². The Hall–Kier alpha value is -2.18. The number of methoxy groups -OCH3 is 1. The van der Waals surface area contributed by atoms with Crippen molar-refractivity contribution in [3.63, 3.8) is 0 Å². The molecule has 1 amide bonds. The highest BCUT2D eigenvalue weighted by Gasteiger charge is 2.18. The van der Waals surface area contributed by atoms with E-state index in [2.05, 4.69) is 14.8 Å². The Labute approximate surface area is 114 Å². The Morgan fingerprint density at radius 3 is 2.55 bits per heavy atom. The first-order valence-electron chi connectivity index (χ1n) is 5.85. The molecular formula is C13H15F2NO4. The van der Waals surface area contributed by atoms with Crippen LogP contribution in [-0.2, 0) is 9.53 Å². The minimum Gasteiger partial charge on any atom is -0.469 e. The zero-order valence-corrected chi connectivity index (χ0v) is 11.1. The number of nitrogens with one attached hydrogen (secondary N) is 1. The smallest absolute Gasteiger partial charge is 0.387 e. The van der Waals surface area contributed by atoms with Gasteiger partial charge in [-0.15, -0.1) is 0 Å². The first-order chi connectivity index (χ1) is 9.43. The van der Waals surface area contributed by atoms with Crippen molar-refractivity contribution in [1.29, 1.82) is 0 Å². The molecule has 1 unspecified atom stereocenters. The highest BCUT2D eigenvalue weighted by Crippen LogP contribution is 2.20. The fraction of sp³-hybridized carbons (Fsp3) is 0.385. The third-order valence-corrected chi connectivity index (χ3v) is 2.43. The Kier molecular flexibility index (Phi) is 5.89. The lowest BCUT2D eigenvalue weighted by Gasteiger charge is -2.14. The number of carbonyl (C=O) groups excluding carboxylic acids is 2. The summed E-state index contributed by atoms with van der Waals surface area (Å²) < 4.78 is 33.2. The maximum absolute atomic E-state index is 12.2. The number of rotatable bonds is 6. The summed E-state index contributed by atoms with van der Waals surface area (Å²) in [5.41, 5.74) is -0.0236. The molecule has 0 spiro atoms. The number of carbonyl (C=O) groups is 2. The molecular weight excluding hydrogens is 272 g/mol. The van der Waals surface area contributed by atoms with Gasteiger partial charge in [0.05, 0.1) is 19.1 Å². The number of halogens is 2. The fourth-order valence-corrected chi connectivity index (χ4v) is 1.54. The number of ether oxygens (including phenoxy) is 2. The van der Waals surface area contributed by atoms with E-state index in [0.29, 0.717) is 0 Å². The summed E-state index contributed by atoms with van der Waals surface area (Å²) in [6.07, 6.45) is -0.0138. The van der Waals surface area contributed by atoms with Crippen LogP contribution in [0.1, 0.15) is 23.7 Å². The summed E-state index contributed by atoms with van der Waals surface area (Å²) in [5, 5.41) is 2.51. The van der Waals surface area contributed by atoms with E-state index in [-0.39, 0.29) is 17.7 Å². The number of amides is 1. The Balaban J connectivity index is 2.74. The molecule has 1 aromatic rings. The molecule has 0 saturated carbocycles. The van der Waals surface area contributed by atoms with Gasteiger partial charge in [-0.25, -0.2) is 0 Å². The summed E-state index contributed by atoms with van der Waals surface area (Å²) in [6, 6.07) is 5.14. The summed E-state index contributed by atoms with van der Waals surface area (Å²) in [6.45, 7) is -1.41. The van der Waals surface area contributed by atoms with Gasteiger partial charge in [-0.1, -0.05) is 12.1 Å². The van der Waals surface area contributed by atoms with Crippen LogP contribution in [0, 0.1) is 0 Å². The molecule has 0 bridgehead atoms. The summed E-state index contributed by atoms with van der Waals surface area (Å²) in [7, 11) is 1.24. The van der Waals surface area contributed by atoms with Crippen LogP contribution in [0.4, 0.5) is 8.78 Å². The van der Waals surface area contributed by atoms with Gasteiger partial charge < -0.3 is 14.8 Å². The molecule has 0 aliphatic carbocycles. The van der Waals surface area contributed by atoms with Gasteiger partial charge in [0.15, 0.2) is 0 Å². The summed E-state index contributed by atoms with van der Waals surface area (Å²) in [5.74, 6) is -1.29. The first-order valence-corrected chi connectivity index (χ1v) is 5.85. The van der Waals surface area contributed by atoms with Crippen molar-refractivity contribution in [2.45, 2.75) is 26.0 Å². The van der Waals surface area contributed by atoms with Crippen molar-refractivity contribution in [2.24, 2.45) is 0 Å². The molecule has 7 heteroatoms. The molecule has 0 aromatic heterocycles. The van der Waals surface area contributed by atoms with Gasteiger partial charge in [-0.05, 0) is 19.1 Å². The molecule has 0 aliphatic heterocycles. The van der Waals surface area contributed by atoms with Gasteiger partial charge in [0.25, 0.3) is 5.91 Å². The van der Waals surface area contributed by atoms with Crippen molar-refractivity contribution >= 4 is 11.9 Å². The molecule has 0 aliphatic rings. The molecule has 1 atom stereocenters. The van der Waals surface area contributed by atoms with Crippen molar-refractivity contribution in [3.05, 3.63) is 29.8 Å². The number of esters is 1. The average molecular weight is 287 g/mol. The zero-order valence-electron chi connectivity index (χ0n) is 11.1. The van der Waals surface area contributed by atoms with E-state index in [1.807, 2.05) is 0 Å². The van der Waals surface area contributed by atoms with Crippen LogP contribution >= 0.6 is 0 Å². The van der Waals surface area contributed by atoms with E-state index in [1.165, 1.54) is 31.4 Å². The Morgan fingerprint density at radius 2 is 1.95 bits per heavy atom. The van der Waals surface area contributed by atoms with Gasteiger partial charge >= 0.3 is 12.6 Å². The summed E-state index contributed by atoms with van der Waals surface area (Å²) >= 11 is 0. The normalized spacial score (nSPS) is 11.8. The second-order valence-corrected chi connectivity index (χ2v) is 4.03. The lowest BCUT2D eigenvalue weighted by Crippen LogP contribution is -2.34. The van der Waals surface area contributed by atoms with Crippen LogP contribution < -0.4 is 10.1 Å². The second kappa shape index (κ2) is 7.42. The van der Waals surface area contributed by atoms with Crippen LogP contribution in [0.15, 0.2) is 24.3 Å². The Morgan fingerprint density at radius 1 is 1.30 bits per heavy atom. The second-order valence-electron chi connectivity index (χ2n) is 4.03. The van der Waals surface area contributed by atoms with E-state index in [9.17, 15) is 18.4 Å². The topological polar surface area (TPSA) is 64.6 Å². The molecule has 0 radical (unpaired) electrons.